The summed E-state index contributed by atoms with van der Waals surface area (Å²) in [7, 11) is -2.83. The van der Waals surface area contributed by atoms with Crippen molar-refractivity contribution in [3.63, 3.8) is 0 Å². The third-order valence-electron chi connectivity index (χ3n) is 1.49. The third kappa shape index (κ3) is 10.0. The summed E-state index contributed by atoms with van der Waals surface area (Å²) in [6.45, 7) is 7.25. The summed E-state index contributed by atoms with van der Waals surface area (Å²) >= 11 is 0. The molecular weight excluding hydrogens is 213 g/mol. The van der Waals surface area contributed by atoms with Gasteiger partial charge in [-0.05, 0) is 6.08 Å². The molecule has 0 aliphatic heterocycles. The van der Waals surface area contributed by atoms with Crippen LogP contribution >= 0.6 is 0 Å². The van der Waals surface area contributed by atoms with E-state index in [1.54, 1.807) is 13.8 Å². The molecule has 0 rings (SSSR count). The van der Waals surface area contributed by atoms with E-state index in [0.717, 1.165) is 6.08 Å². The first-order chi connectivity index (χ1) is 6.37. The van der Waals surface area contributed by atoms with Crippen molar-refractivity contribution in [1.29, 1.82) is 0 Å². The number of hydrogen-bond donors (Lipinski definition) is 2. The predicted molar refractivity (Wildman–Crippen MR) is 60.4 cm³/mol. The van der Waals surface area contributed by atoms with Crippen LogP contribution in [0.1, 0.15) is 13.8 Å². The maximum atomic E-state index is 10.8. The zero-order valence-corrected chi connectivity index (χ0v) is 9.17. The Hall–Kier alpha value is -0.283. The normalized spacial score (nSPS) is 10.6. The quantitative estimate of drug-likeness (QED) is 0.355. The summed E-state index contributed by atoms with van der Waals surface area (Å²) in [5, 5.41) is 2.56. The van der Waals surface area contributed by atoms with E-state index >= 15 is 0 Å². The second-order valence-electron chi connectivity index (χ2n) is 3.58. The Bertz CT molecular complexity index is 280. The van der Waals surface area contributed by atoms with Crippen molar-refractivity contribution in [2.75, 3.05) is 13.2 Å². The summed E-state index contributed by atoms with van der Waals surface area (Å²) in [6.07, 6.45) is 1.16. The second-order valence-corrected chi connectivity index (χ2v) is 4.29. The van der Waals surface area contributed by atoms with Crippen molar-refractivity contribution in [2.45, 2.75) is 13.8 Å². The number of thiol groups is 1. The molecule has 0 aromatic heterocycles. The van der Waals surface area contributed by atoms with Gasteiger partial charge in [0, 0.05) is 12.0 Å². The van der Waals surface area contributed by atoms with Gasteiger partial charge in [-0.15, -0.1) is 0 Å². The van der Waals surface area contributed by atoms with E-state index in [2.05, 4.69) is 16.1 Å². The summed E-state index contributed by atoms with van der Waals surface area (Å²) in [5.74, 6) is -0.287. The fourth-order valence-corrected chi connectivity index (χ4v) is 1.13. The van der Waals surface area contributed by atoms with Gasteiger partial charge in [0.25, 0.3) is 11.0 Å². The molecule has 0 spiro atoms. The molecule has 0 saturated heterocycles. The summed E-state index contributed by atoms with van der Waals surface area (Å²) in [6, 6.07) is 0. The number of amides is 1. The number of carbonyl (C=O) groups is 1. The predicted octanol–water partition coefficient (Wildman–Crippen LogP) is -0.791. The van der Waals surface area contributed by atoms with E-state index in [0.29, 0.717) is 6.54 Å². The zero-order valence-electron chi connectivity index (χ0n) is 8.28. The van der Waals surface area contributed by atoms with Crippen molar-refractivity contribution < 1.29 is 17.4 Å². The minimum atomic E-state index is -2.83. The molecule has 1 amide bonds. The van der Waals surface area contributed by atoms with Crippen LogP contribution in [0, 0.1) is 5.41 Å². The Kier molecular flexibility index (Phi) is 9.06. The first-order valence-electron chi connectivity index (χ1n) is 4.05. The number of carbonyl (C=O) groups excluding carboxylic acids is 1. The minimum absolute atomic E-state index is 0. The zero-order chi connectivity index (χ0) is 11.2. The molecule has 5 nitrogen and oxygen atoms in total. The number of rotatable bonds is 6. The molecule has 0 bridgehead atoms. The molecule has 0 atom stereocenters. The fraction of sp³-hybridized carbons (Fsp3) is 0.625. The maximum absolute atomic E-state index is 10.8. The van der Waals surface area contributed by atoms with E-state index in [9.17, 15) is 13.2 Å². The average molecular weight is 229 g/mol. The van der Waals surface area contributed by atoms with Gasteiger partial charge < -0.3 is 5.32 Å². The molecule has 0 fully saturated rings. The number of nitrogens with one attached hydrogen (secondary N) is 1. The van der Waals surface area contributed by atoms with Crippen molar-refractivity contribution in [2.24, 2.45) is 5.41 Å². The Balaban J connectivity index is 0. The van der Waals surface area contributed by atoms with Gasteiger partial charge in [0.2, 0.25) is 5.91 Å². The molecule has 1 N–H and O–H groups in total. The first-order valence-corrected chi connectivity index (χ1v) is 5.14. The van der Waals surface area contributed by atoms with Gasteiger partial charge in [0.1, 0.15) is 0 Å². The first kappa shape index (κ1) is 17.1. The average Bonchev–Trinajstić information content (AvgIpc) is 2.11. The van der Waals surface area contributed by atoms with Crippen LogP contribution in [0.5, 0.6) is 0 Å². The van der Waals surface area contributed by atoms with Crippen LogP contribution in [0.15, 0.2) is 12.7 Å². The SMILES string of the molecule is C=CC(=O)NCC(C)(C)CO[SH](=O)=O.[LiH]. The molecule has 15 heavy (non-hydrogen) atoms. The monoisotopic (exact) mass is 229 g/mol. The van der Waals surface area contributed by atoms with Gasteiger partial charge in [0.15, 0.2) is 0 Å². The van der Waals surface area contributed by atoms with E-state index in [1.165, 1.54) is 0 Å². The standard InChI is InChI=1S/C8H15NO4S.Li.H/c1-4-7(10)9-5-8(2,3)6-13-14(11)12;;/h4,14H,1,5-6H2,2-3H3,(H,9,10);;. The van der Waals surface area contributed by atoms with E-state index in [4.69, 9.17) is 0 Å². The molecule has 0 heterocycles. The molecule has 0 unspecified atom stereocenters. The van der Waals surface area contributed by atoms with Crippen LogP contribution in [-0.4, -0.2) is 46.3 Å². The van der Waals surface area contributed by atoms with Gasteiger partial charge in [0.05, 0.1) is 6.61 Å². The van der Waals surface area contributed by atoms with Gasteiger partial charge in [-0.3, -0.25) is 8.98 Å². The number of hydrogen-bond acceptors (Lipinski definition) is 4. The Morgan fingerprint density at radius 1 is 1.53 bits per heavy atom. The van der Waals surface area contributed by atoms with E-state index in [1.807, 2.05) is 0 Å². The third-order valence-corrected chi connectivity index (χ3v) is 1.83. The molecule has 0 aliphatic rings. The Morgan fingerprint density at radius 3 is 2.47 bits per heavy atom. The Labute approximate surface area is 104 Å². The van der Waals surface area contributed by atoms with Crippen LogP contribution in [0.25, 0.3) is 0 Å². The fourth-order valence-electron chi connectivity index (χ4n) is 0.677. The van der Waals surface area contributed by atoms with Gasteiger partial charge >= 0.3 is 18.9 Å². The second kappa shape index (κ2) is 7.94. The molecule has 0 radical (unpaired) electrons. The van der Waals surface area contributed by atoms with Crippen LogP contribution in [0.4, 0.5) is 0 Å². The summed E-state index contributed by atoms with van der Waals surface area (Å²) < 4.78 is 24.8. The van der Waals surface area contributed by atoms with Crippen LogP contribution < -0.4 is 5.32 Å². The van der Waals surface area contributed by atoms with Gasteiger partial charge in [-0.25, -0.2) is 8.42 Å². The molecule has 0 aliphatic carbocycles. The van der Waals surface area contributed by atoms with E-state index < -0.39 is 16.4 Å². The summed E-state index contributed by atoms with van der Waals surface area (Å²) in [5.41, 5.74) is -0.423. The molecule has 0 aromatic carbocycles. The van der Waals surface area contributed by atoms with E-state index in [-0.39, 0.29) is 31.4 Å². The molecule has 0 aromatic rings. The Morgan fingerprint density at radius 2 is 2.07 bits per heavy atom. The van der Waals surface area contributed by atoms with Gasteiger partial charge in [-0.1, -0.05) is 20.4 Å². The van der Waals surface area contributed by atoms with Gasteiger partial charge in [-0.2, -0.15) is 0 Å². The van der Waals surface area contributed by atoms with Crippen molar-refractivity contribution >= 4 is 35.8 Å². The molecule has 84 valence electrons. The summed E-state index contributed by atoms with van der Waals surface area (Å²) in [4.78, 5) is 10.8. The van der Waals surface area contributed by atoms with Crippen LogP contribution in [0.2, 0.25) is 0 Å². The molecule has 0 saturated carbocycles. The van der Waals surface area contributed by atoms with Crippen LogP contribution in [-0.2, 0) is 20.0 Å². The van der Waals surface area contributed by atoms with Crippen molar-refractivity contribution in [3.8, 4) is 0 Å². The van der Waals surface area contributed by atoms with Crippen molar-refractivity contribution in [3.05, 3.63) is 12.7 Å². The topological polar surface area (TPSA) is 72.5 Å². The van der Waals surface area contributed by atoms with Crippen molar-refractivity contribution in [1.82, 2.24) is 5.32 Å². The van der Waals surface area contributed by atoms with Crippen LogP contribution in [0.3, 0.4) is 0 Å². The molecule has 7 heteroatoms. The molecular formula is C8H16LiNO4S.